The first-order valence-electron chi connectivity index (χ1n) is 6.33. The number of nitrogens with zero attached hydrogens (tertiary/aromatic N) is 1. The first-order chi connectivity index (χ1) is 7.25. The van der Waals surface area contributed by atoms with Gasteiger partial charge >= 0.3 is 0 Å². The van der Waals surface area contributed by atoms with Gasteiger partial charge in [-0.25, -0.2) is 0 Å². The molecule has 0 aromatic carbocycles. The quantitative estimate of drug-likeness (QED) is 0.742. The van der Waals surface area contributed by atoms with Crippen LogP contribution in [0, 0.1) is 5.92 Å². The summed E-state index contributed by atoms with van der Waals surface area (Å²) in [6.45, 7) is 10.3. The highest BCUT2D eigenvalue weighted by atomic mass is 16.5. The van der Waals surface area contributed by atoms with Crippen LogP contribution in [0.25, 0.3) is 0 Å². The molecule has 0 bridgehead atoms. The third kappa shape index (κ3) is 3.16. The Morgan fingerprint density at radius 2 is 2.27 bits per heavy atom. The molecule has 1 N–H and O–H groups in total. The molecule has 3 heteroatoms. The van der Waals surface area contributed by atoms with E-state index in [1.165, 1.54) is 39.0 Å². The van der Waals surface area contributed by atoms with Gasteiger partial charge in [0.15, 0.2) is 0 Å². The Kier molecular flexibility index (Phi) is 4.00. The van der Waals surface area contributed by atoms with Gasteiger partial charge in [0.05, 0.1) is 6.10 Å². The lowest BCUT2D eigenvalue weighted by Gasteiger charge is -2.26. The molecule has 15 heavy (non-hydrogen) atoms. The van der Waals surface area contributed by atoms with E-state index in [4.69, 9.17) is 4.74 Å². The summed E-state index contributed by atoms with van der Waals surface area (Å²) < 4.78 is 5.62. The van der Waals surface area contributed by atoms with Crippen molar-refractivity contribution in [2.45, 2.75) is 38.8 Å². The van der Waals surface area contributed by atoms with Gasteiger partial charge in [0.1, 0.15) is 0 Å². The van der Waals surface area contributed by atoms with Crippen molar-refractivity contribution in [2.75, 3.05) is 32.8 Å². The zero-order valence-corrected chi connectivity index (χ0v) is 10.0. The second-order valence-electron chi connectivity index (χ2n) is 5.09. The van der Waals surface area contributed by atoms with Crippen LogP contribution in [0.1, 0.15) is 26.7 Å². The van der Waals surface area contributed by atoms with Crippen molar-refractivity contribution in [3.05, 3.63) is 0 Å². The van der Waals surface area contributed by atoms with Crippen LogP contribution in [0.3, 0.4) is 0 Å². The van der Waals surface area contributed by atoms with Crippen LogP contribution in [0.2, 0.25) is 0 Å². The van der Waals surface area contributed by atoms with E-state index >= 15 is 0 Å². The molecular formula is C12H24N2O. The molecule has 2 fully saturated rings. The smallest absolute Gasteiger partial charge is 0.0588 e. The highest BCUT2D eigenvalue weighted by Crippen LogP contribution is 2.21. The summed E-state index contributed by atoms with van der Waals surface area (Å²) in [4.78, 5) is 2.61. The van der Waals surface area contributed by atoms with Crippen molar-refractivity contribution in [3.63, 3.8) is 0 Å². The fraction of sp³-hybridized carbons (Fsp3) is 1.00. The van der Waals surface area contributed by atoms with Crippen molar-refractivity contribution in [1.82, 2.24) is 10.2 Å². The molecule has 0 spiro atoms. The fourth-order valence-electron chi connectivity index (χ4n) is 2.71. The number of nitrogens with one attached hydrogen (secondary N) is 1. The molecule has 3 atom stereocenters. The van der Waals surface area contributed by atoms with Crippen molar-refractivity contribution < 1.29 is 4.74 Å². The predicted molar refractivity (Wildman–Crippen MR) is 62.0 cm³/mol. The summed E-state index contributed by atoms with van der Waals surface area (Å²) >= 11 is 0. The summed E-state index contributed by atoms with van der Waals surface area (Å²) in [5.74, 6) is 0.760. The van der Waals surface area contributed by atoms with Gasteiger partial charge in [0.25, 0.3) is 0 Å². The number of hydrogen-bond donors (Lipinski definition) is 1. The maximum absolute atomic E-state index is 5.62. The standard InChI is InChI=1S/C12H24N2O/c1-10-8-14(6-3-5-13-10)9-12-4-7-15-11(12)2/h10-13H,3-9H2,1-2H3. The first-order valence-corrected chi connectivity index (χ1v) is 6.33. The third-order valence-corrected chi connectivity index (χ3v) is 3.70. The fourth-order valence-corrected chi connectivity index (χ4v) is 2.71. The summed E-state index contributed by atoms with van der Waals surface area (Å²) in [7, 11) is 0. The number of hydrogen-bond acceptors (Lipinski definition) is 3. The minimum atomic E-state index is 0.469. The molecule has 2 heterocycles. The Morgan fingerprint density at radius 1 is 1.40 bits per heavy atom. The molecule has 0 amide bonds. The van der Waals surface area contributed by atoms with Gasteiger partial charge in [0, 0.05) is 25.7 Å². The monoisotopic (exact) mass is 212 g/mol. The second kappa shape index (κ2) is 5.28. The Labute approximate surface area is 93.2 Å². The lowest BCUT2D eigenvalue weighted by molar-refractivity contribution is 0.0923. The Bertz CT molecular complexity index is 198. The lowest BCUT2D eigenvalue weighted by atomic mass is 10.0. The highest BCUT2D eigenvalue weighted by Gasteiger charge is 2.27. The summed E-state index contributed by atoms with van der Waals surface area (Å²) in [5, 5.41) is 3.54. The summed E-state index contributed by atoms with van der Waals surface area (Å²) in [6, 6.07) is 0.644. The van der Waals surface area contributed by atoms with Crippen molar-refractivity contribution >= 4 is 0 Å². The maximum Gasteiger partial charge on any atom is 0.0588 e. The Balaban J connectivity index is 1.81. The molecule has 0 saturated carbocycles. The molecule has 2 aliphatic rings. The third-order valence-electron chi connectivity index (χ3n) is 3.70. The molecule has 0 radical (unpaired) electrons. The summed E-state index contributed by atoms with van der Waals surface area (Å²) in [6.07, 6.45) is 3.00. The van der Waals surface area contributed by atoms with E-state index in [1.807, 2.05) is 0 Å². The normalized spacial score (nSPS) is 39.2. The van der Waals surface area contributed by atoms with Crippen LogP contribution in [0.15, 0.2) is 0 Å². The molecule has 2 rings (SSSR count). The molecule has 3 unspecified atom stereocenters. The number of rotatable bonds is 2. The average molecular weight is 212 g/mol. The maximum atomic E-state index is 5.62. The topological polar surface area (TPSA) is 24.5 Å². The second-order valence-corrected chi connectivity index (χ2v) is 5.09. The van der Waals surface area contributed by atoms with Gasteiger partial charge < -0.3 is 15.0 Å². The number of ether oxygens (including phenoxy) is 1. The predicted octanol–water partition coefficient (Wildman–Crippen LogP) is 1.10. The van der Waals surface area contributed by atoms with Gasteiger partial charge in [-0.2, -0.15) is 0 Å². The Morgan fingerprint density at radius 3 is 3.00 bits per heavy atom. The minimum absolute atomic E-state index is 0.469. The van der Waals surface area contributed by atoms with Gasteiger partial charge in [-0.15, -0.1) is 0 Å². The lowest BCUT2D eigenvalue weighted by Crippen LogP contribution is -2.38. The first kappa shape index (κ1) is 11.4. The van der Waals surface area contributed by atoms with Gasteiger partial charge in [0.2, 0.25) is 0 Å². The minimum Gasteiger partial charge on any atom is -0.378 e. The average Bonchev–Trinajstić information content (AvgIpc) is 2.48. The van der Waals surface area contributed by atoms with Crippen LogP contribution >= 0.6 is 0 Å². The van der Waals surface area contributed by atoms with E-state index in [1.54, 1.807) is 0 Å². The van der Waals surface area contributed by atoms with E-state index in [2.05, 4.69) is 24.1 Å². The molecule has 88 valence electrons. The Hall–Kier alpha value is -0.120. The largest absolute Gasteiger partial charge is 0.378 e. The van der Waals surface area contributed by atoms with Gasteiger partial charge in [-0.05, 0) is 45.7 Å². The molecule has 2 aliphatic heterocycles. The van der Waals surface area contributed by atoms with Gasteiger partial charge in [-0.3, -0.25) is 0 Å². The van der Waals surface area contributed by atoms with Crippen molar-refractivity contribution in [3.8, 4) is 0 Å². The molecule has 0 aromatic heterocycles. The van der Waals surface area contributed by atoms with E-state index in [0.29, 0.717) is 12.1 Å². The van der Waals surface area contributed by atoms with Crippen molar-refractivity contribution in [1.29, 1.82) is 0 Å². The van der Waals surface area contributed by atoms with E-state index in [0.717, 1.165) is 12.5 Å². The zero-order chi connectivity index (χ0) is 10.7. The zero-order valence-electron chi connectivity index (χ0n) is 10.0. The molecule has 2 saturated heterocycles. The summed E-state index contributed by atoms with van der Waals surface area (Å²) in [5.41, 5.74) is 0. The van der Waals surface area contributed by atoms with Crippen LogP contribution in [-0.2, 0) is 4.74 Å². The van der Waals surface area contributed by atoms with Crippen LogP contribution in [0.5, 0.6) is 0 Å². The highest BCUT2D eigenvalue weighted by molar-refractivity contribution is 4.79. The van der Waals surface area contributed by atoms with E-state index in [-0.39, 0.29) is 0 Å². The van der Waals surface area contributed by atoms with Crippen molar-refractivity contribution in [2.24, 2.45) is 5.92 Å². The van der Waals surface area contributed by atoms with E-state index in [9.17, 15) is 0 Å². The molecule has 0 aliphatic carbocycles. The SMILES string of the molecule is CC1CN(CC2CCOC2C)CCCN1. The van der Waals surface area contributed by atoms with Crippen LogP contribution in [0.4, 0.5) is 0 Å². The molecule has 0 aromatic rings. The molecule has 3 nitrogen and oxygen atoms in total. The van der Waals surface area contributed by atoms with Gasteiger partial charge in [-0.1, -0.05) is 0 Å². The molecular weight excluding hydrogens is 188 g/mol. The van der Waals surface area contributed by atoms with Crippen LogP contribution in [-0.4, -0.2) is 49.8 Å². The van der Waals surface area contributed by atoms with E-state index < -0.39 is 0 Å². The van der Waals surface area contributed by atoms with Crippen LogP contribution < -0.4 is 5.32 Å².